The molecule has 1 aliphatic heterocycles. The van der Waals surface area contributed by atoms with Gasteiger partial charge >= 0.3 is 12.0 Å². The molecule has 0 saturated carbocycles. The highest BCUT2D eigenvalue weighted by atomic mass is 16.5. The minimum Gasteiger partial charge on any atom is -0.480 e. The molecule has 3 amide bonds. The molecule has 0 aromatic rings. The van der Waals surface area contributed by atoms with Gasteiger partial charge < -0.3 is 25.8 Å². The van der Waals surface area contributed by atoms with Gasteiger partial charge in [0.15, 0.2) is 0 Å². The second kappa shape index (κ2) is 7.68. The maximum absolute atomic E-state index is 12.0. The predicted octanol–water partition coefficient (Wildman–Crippen LogP) is -0.474. The Kier molecular flexibility index (Phi) is 6.23. The van der Waals surface area contributed by atoms with Gasteiger partial charge in [-0.15, -0.1) is 0 Å². The molecule has 0 spiro atoms. The number of nitrogens with one attached hydrogen (secondary N) is 1. The molecule has 8 heteroatoms. The molecule has 1 fully saturated rings. The fourth-order valence-electron chi connectivity index (χ4n) is 2.03. The lowest BCUT2D eigenvalue weighted by molar-refractivity contribution is -0.139. The fraction of sp³-hybridized carbons (Fsp3) is 0.750. The molecular weight excluding hydrogens is 266 g/mol. The SMILES string of the molecule is CN(C(=O)N[C@H](CCC(N)=O)C(=O)O)C1CCOCC1. The van der Waals surface area contributed by atoms with E-state index in [1.165, 1.54) is 4.90 Å². The van der Waals surface area contributed by atoms with Crippen LogP contribution < -0.4 is 11.1 Å². The number of amides is 3. The van der Waals surface area contributed by atoms with Crippen molar-refractivity contribution in [2.24, 2.45) is 5.73 Å². The van der Waals surface area contributed by atoms with Crippen LogP contribution in [0.15, 0.2) is 0 Å². The minimum absolute atomic E-state index is 0.0158. The van der Waals surface area contributed by atoms with Crippen molar-refractivity contribution in [1.29, 1.82) is 0 Å². The van der Waals surface area contributed by atoms with Crippen LogP contribution in [0.2, 0.25) is 0 Å². The monoisotopic (exact) mass is 287 g/mol. The molecule has 1 saturated heterocycles. The van der Waals surface area contributed by atoms with E-state index in [0.29, 0.717) is 13.2 Å². The molecule has 0 aromatic heterocycles. The molecule has 0 radical (unpaired) electrons. The van der Waals surface area contributed by atoms with Crippen molar-refractivity contribution in [3.05, 3.63) is 0 Å². The molecule has 8 nitrogen and oxygen atoms in total. The van der Waals surface area contributed by atoms with Crippen molar-refractivity contribution in [2.75, 3.05) is 20.3 Å². The van der Waals surface area contributed by atoms with E-state index in [2.05, 4.69) is 5.32 Å². The second-order valence-electron chi connectivity index (χ2n) is 4.80. The molecular formula is C12H21N3O5. The molecule has 0 bridgehead atoms. The Balaban J connectivity index is 2.51. The third-order valence-electron chi connectivity index (χ3n) is 3.33. The van der Waals surface area contributed by atoms with Gasteiger partial charge in [0.1, 0.15) is 6.04 Å². The highest BCUT2D eigenvalue weighted by Crippen LogP contribution is 2.13. The Hall–Kier alpha value is -1.83. The van der Waals surface area contributed by atoms with Gasteiger partial charge in [0, 0.05) is 32.7 Å². The summed E-state index contributed by atoms with van der Waals surface area (Å²) in [6.45, 7) is 1.18. The van der Waals surface area contributed by atoms with Crippen molar-refractivity contribution in [3.63, 3.8) is 0 Å². The first kappa shape index (κ1) is 16.2. The maximum Gasteiger partial charge on any atom is 0.326 e. The van der Waals surface area contributed by atoms with E-state index in [1.807, 2.05) is 0 Å². The van der Waals surface area contributed by atoms with E-state index in [1.54, 1.807) is 7.05 Å². The summed E-state index contributed by atoms with van der Waals surface area (Å²) in [6, 6.07) is -1.54. The number of urea groups is 1. The number of hydrogen-bond donors (Lipinski definition) is 3. The number of rotatable bonds is 6. The Morgan fingerprint density at radius 1 is 1.40 bits per heavy atom. The van der Waals surface area contributed by atoms with Crippen molar-refractivity contribution in [3.8, 4) is 0 Å². The molecule has 1 atom stereocenters. The first-order valence-corrected chi connectivity index (χ1v) is 6.54. The zero-order valence-corrected chi connectivity index (χ0v) is 11.5. The summed E-state index contributed by atoms with van der Waals surface area (Å²) in [5.74, 6) is -1.77. The third-order valence-corrected chi connectivity index (χ3v) is 3.33. The number of nitrogens with two attached hydrogens (primary N) is 1. The predicted molar refractivity (Wildman–Crippen MR) is 70.0 cm³/mol. The third kappa shape index (κ3) is 5.04. The van der Waals surface area contributed by atoms with Crippen LogP contribution in [0.4, 0.5) is 4.79 Å². The summed E-state index contributed by atoms with van der Waals surface area (Å²) in [5.41, 5.74) is 4.98. The molecule has 1 aliphatic rings. The summed E-state index contributed by atoms with van der Waals surface area (Å²) < 4.78 is 5.21. The number of nitrogens with zero attached hydrogens (tertiary/aromatic N) is 1. The lowest BCUT2D eigenvalue weighted by atomic mass is 10.1. The van der Waals surface area contributed by atoms with E-state index in [4.69, 9.17) is 15.6 Å². The van der Waals surface area contributed by atoms with Crippen molar-refractivity contribution >= 4 is 17.9 Å². The Labute approximate surface area is 117 Å². The van der Waals surface area contributed by atoms with E-state index < -0.39 is 23.9 Å². The van der Waals surface area contributed by atoms with Crippen LogP contribution in [0.5, 0.6) is 0 Å². The van der Waals surface area contributed by atoms with Crippen LogP contribution in [0, 0.1) is 0 Å². The van der Waals surface area contributed by atoms with Gasteiger partial charge in [-0.25, -0.2) is 9.59 Å². The Bertz CT molecular complexity index is 368. The number of carbonyl (C=O) groups excluding carboxylic acids is 2. The molecule has 0 aromatic carbocycles. The topological polar surface area (TPSA) is 122 Å². The largest absolute Gasteiger partial charge is 0.480 e. The van der Waals surface area contributed by atoms with Gasteiger partial charge in [0.2, 0.25) is 5.91 Å². The van der Waals surface area contributed by atoms with Crippen LogP contribution in [-0.2, 0) is 14.3 Å². The maximum atomic E-state index is 12.0. The summed E-state index contributed by atoms with van der Waals surface area (Å²) in [4.78, 5) is 35.2. The zero-order valence-electron chi connectivity index (χ0n) is 11.5. The van der Waals surface area contributed by atoms with Gasteiger partial charge in [-0.05, 0) is 19.3 Å². The first-order valence-electron chi connectivity index (χ1n) is 6.54. The Morgan fingerprint density at radius 2 is 2.00 bits per heavy atom. The quantitative estimate of drug-likeness (QED) is 0.609. The van der Waals surface area contributed by atoms with Crippen molar-refractivity contribution in [2.45, 2.75) is 37.8 Å². The van der Waals surface area contributed by atoms with Crippen LogP contribution >= 0.6 is 0 Å². The lowest BCUT2D eigenvalue weighted by Gasteiger charge is -2.32. The van der Waals surface area contributed by atoms with Crippen molar-refractivity contribution < 1.29 is 24.2 Å². The summed E-state index contributed by atoms with van der Waals surface area (Å²) in [5, 5.41) is 11.4. The molecule has 20 heavy (non-hydrogen) atoms. The van der Waals surface area contributed by atoms with Gasteiger partial charge in [0.05, 0.1) is 0 Å². The molecule has 0 aliphatic carbocycles. The number of hydrogen-bond acceptors (Lipinski definition) is 4. The number of primary amides is 1. The van der Waals surface area contributed by atoms with Gasteiger partial charge in [-0.3, -0.25) is 4.79 Å². The zero-order chi connectivity index (χ0) is 15.1. The average Bonchev–Trinajstić information content (AvgIpc) is 2.42. The van der Waals surface area contributed by atoms with Gasteiger partial charge in [0.25, 0.3) is 0 Å². The van der Waals surface area contributed by atoms with E-state index in [9.17, 15) is 14.4 Å². The molecule has 4 N–H and O–H groups in total. The van der Waals surface area contributed by atoms with E-state index in [0.717, 1.165) is 12.8 Å². The van der Waals surface area contributed by atoms with Crippen LogP contribution in [0.25, 0.3) is 0 Å². The summed E-state index contributed by atoms with van der Waals surface area (Å²) >= 11 is 0. The highest BCUT2D eigenvalue weighted by Gasteiger charge is 2.26. The van der Waals surface area contributed by atoms with E-state index >= 15 is 0 Å². The van der Waals surface area contributed by atoms with Crippen LogP contribution in [-0.4, -0.2) is 60.3 Å². The summed E-state index contributed by atoms with van der Waals surface area (Å²) in [7, 11) is 1.62. The number of aliphatic carboxylic acids is 1. The van der Waals surface area contributed by atoms with Gasteiger partial charge in [-0.2, -0.15) is 0 Å². The van der Waals surface area contributed by atoms with Gasteiger partial charge in [-0.1, -0.05) is 0 Å². The first-order chi connectivity index (χ1) is 9.41. The fourth-order valence-corrected chi connectivity index (χ4v) is 2.03. The van der Waals surface area contributed by atoms with Crippen molar-refractivity contribution in [1.82, 2.24) is 10.2 Å². The second-order valence-corrected chi connectivity index (χ2v) is 4.80. The smallest absolute Gasteiger partial charge is 0.326 e. The highest BCUT2D eigenvalue weighted by molar-refractivity contribution is 5.83. The van der Waals surface area contributed by atoms with Crippen LogP contribution in [0.1, 0.15) is 25.7 Å². The average molecular weight is 287 g/mol. The molecule has 1 rings (SSSR count). The number of ether oxygens (including phenoxy) is 1. The molecule has 0 unspecified atom stereocenters. The summed E-state index contributed by atoms with van der Waals surface area (Å²) in [6.07, 6.45) is 1.35. The Morgan fingerprint density at radius 3 is 2.50 bits per heavy atom. The minimum atomic E-state index is -1.18. The number of carboxylic acid groups (broad SMARTS) is 1. The normalized spacial score (nSPS) is 17.2. The lowest BCUT2D eigenvalue weighted by Crippen LogP contribution is -2.51. The molecule has 1 heterocycles. The molecule has 114 valence electrons. The van der Waals surface area contributed by atoms with Crippen LogP contribution in [0.3, 0.4) is 0 Å². The number of carbonyl (C=O) groups is 3. The van der Waals surface area contributed by atoms with E-state index in [-0.39, 0.29) is 18.9 Å². The standard InChI is InChI=1S/C12H21N3O5/c1-15(8-4-6-20-7-5-8)12(19)14-9(11(17)18)2-3-10(13)16/h8-9H,2-7H2,1H3,(H2,13,16)(H,14,19)(H,17,18)/t9-/m1/s1. The number of carboxylic acids is 1.